The SMILES string of the molecule is O=C(NCCc1ccccc1)c1cccc(C(=O)NCCc2ccccc2F)n1. The number of amides is 2. The van der Waals surface area contributed by atoms with Gasteiger partial charge in [-0.15, -0.1) is 0 Å². The van der Waals surface area contributed by atoms with Crippen molar-refractivity contribution in [2.45, 2.75) is 12.8 Å². The van der Waals surface area contributed by atoms with Gasteiger partial charge < -0.3 is 10.6 Å². The lowest BCUT2D eigenvalue weighted by Gasteiger charge is -2.08. The molecule has 0 fully saturated rings. The lowest BCUT2D eigenvalue weighted by Crippen LogP contribution is -2.29. The van der Waals surface area contributed by atoms with Gasteiger partial charge in [-0.25, -0.2) is 9.37 Å². The van der Waals surface area contributed by atoms with Gasteiger partial charge in [-0.3, -0.25) is 9.59 Å². The number of pyridine rings is 1. The van der Waals surface area contributed by atoms with Crippen molar-refractivity contribution in [3.05, 3.63) is 101 Å². The van der Waals surface area contributed by atoms with Gasteiger partial charge in [0, 0.05) is 13.1 Å². The summed E-state index contributed by atoms with van der Waals surface area (Å²) in [5.41, 5.74) is 1.99. The van der Waals surface area contributed by atoms with E-state index in [1.165, 1.54) is 6.07 Å². The maximum Gasteiger partial charge on any atom is 0.269 e. The van der Waals surface area contributed by atoms with Gasteiger partial charge in [-0.2, -0.15) is 0 Å². The van der Waals surface area contributed by atoms with E-state index in [1.54, 1.807) is 36.4 Å². The number of nitrogens with zero attached hydrogens (tertiary/aromatic N) is 1. The summed E-state index contributed by atoms with van der Waals surface area (Å²) in [7, 11) is 0. The topological polar surface area (TPSA) is 71.1 Å². The largest absolute Gasteiger partial charge is 0.350 e. The van der Waals surface area contributed by atoms with Gasteiger partial charge >= 0.3 is 0 Å². The highest BCUT2D eigenvalue weighted by atomic mass is 19.1. The van der Waals surface area contributed by atoms with Crippen LogP contribution in [0, 0.1) is 5.82 Å². The van der Waals surface area contributed by atoms with Crippen LogP contribution in [0.1, 0.15) is 32.1 Å². The van der Waals surface area contributed by atoms with E-state index >= 15 is 0 Å². The fourth-order valence-corrected chi connectivity index (χ4v) is 2.85. The third-order valence-corrected chi connectivity index (χ3v) is 4.39. The molecule has 5 nitrogen and oxygen atoms in total. The Balaban J connectivity index is 1.50. The van der Waals surface area contributed by atoms with Gasteiger partial charge in [0.05, 0.1) is 0 Å². The molecule has 0 atom stereocenters. The molecule has 0 radical (unpaired) electrons. The molecule has 1 aromatic heterocycles. The second kappa shape index (κ2) is 10.1. The summed E-state index contributed by atoms with van der Waals surface area (Å²) in [5, 5.41) is 5.52. The first-order valence-electron chi connectivity index (χ1n) is 9.44. The van der Waals surface area contributed by atoms with Crippen LogP contribution in [0.25, 0.3) is 0 Å². The van der Waals surface area contributed by atoms with Crippen LogP contribution < -0.4 is 10.6 Å². The van der Waals surface area contributed by atoms with Crippen LogP contribution in [0.15, 0.2) is 72.8 Å². The zero-order chi connectivity index (χ0) is 20.5. The minimum atomic E-state index is -0.403. The van der Waals surface area contributed by atoms with Gasteiger partial charge in [0.25, 0.3) is 11.8 Å². The summed E-state index contributed by atoms with van der Waals surface area (Å²) >= 11 is 0. The van der Waals surface area contributed by atoms with Crippen molar-refractivity contribution in [1.82, 2.24) is 15.6 Å². The first kappa shape index (κ1) is 20.2. The molecule has 0 saturated carbocycles. The molecule has 2 aromatic carbocycles. The van der Waals surface area contributed by atoms with Crippen molar-refractivity contribution < 1.29 is 14.0 Å². The summed E-state index contributed by atoms with van der Waals surface area (Å²) < 4.78 is 13.6. The van der Waals surface area contributed by atoms with Crippen LogP contribution in [-0.2, 0) is 12.8 Å². The highest BCUT2D eigenvalue weighted by Crippen LogP contribution is 2.07. The van der Waals surface area contributed by atoms with Crippen LogP contribution in [0.4, 0.5) is 4.39 Å². The summed E-state index contributed by atoms with van der Waals surface area (Å²) in [4.78, 5) is 28.7. The highest BCUT2D eigenvalue weighted by molar-refractivity contribution is 5.96. The van der Waals surface area contributed by atoms with E-state index in [1.807, 2.05) is 30.3 Å². The molecule has 0 spiro atoms. The van der Waals surface area contributed by atoms with Crippen molar-refractivity contribution in [3.63, 3.8) is 0 Å². The molecule has 0 aliphatic heterocycles. The number of hydrogen-bond acceptors (Lipinski definition) is 3. The third kappa shape index (κ3) is 5.97. The maximum atomic E-state index is 13.6. The van der Waals surface area contributed by atoms with Crippen LogP contribution >= 0.6 is 0 Å². The Morgan fingerprint density at radius 3 is 1.97 bits per heavy atom. The Labute approximate surface area is 169 Å². The first-order chi connectivity index (χ1) is 14.1. The van der Waals surface area contributed by atoms with Crippen molar-refractivity contribution in [2.75, 3.05) is 13.1 Å². The number of halogens is 1. The molecule has 148 valence electrons. The number of carbonyl (C=O) groups is 2. The Kier molecular flexibility index (Phi) is 7.05. The minimum absolute atomic E-state index is 0.147. The number of nitrogens with one attached hydrogen (secondary N) is 2. The van der Waals surface area contributed by atoms with Crippen molar-refractivity contribution in [3.8, 4) is 0 Å². The molecular formula is C23H22FN3O2. The molecule has 2 N–H and O–H groups in total. The molecular weight excluding hydrogens is 369 g/mol. The van der Waals surface area contributed by atoms with Crippen LogP contribution in [0.2, 0.25) is 0 Å². The molecule has 1 heterocycles. The lowest BCUT2D eigenvalue weighted by atomic mass is 10.1. The molecule has 29 heavy (non-hydrogen) atoms. The van der Waals surface area contributed by atoms with Gasteiger partial charge in [-0.05, 0) is 42.2 Å². The molecule has 0 bridgehead atoms. The Bertz CT molecular complexity index is 977. The summed E-state index contributed by atoms with van der Waals surface area (Å²) in [6.07, 6.45) is 1.08. The Morgan fingerprint density at radius 1 is 0.724 bits per heavy atom. The van der Waals surface area contributed by atoms with Gasteiger partial charge in [0.1, 0.15) is 17.2 Å². The summed E-state index contributed by atoms with van der Waals surface area (Å²) in [5.74, 6) is -1.03. The van der Waals surface area contributed by atoms with Crippen molar-refractivity contribution >= 4 is 11.8 Å². The molecule has 0 unspecified atom stereocenters. The number of benzene rings is 2. The van der Waals surface area contributed by atoms with Gasteiger partial charge in [-0.1, -0.05) is 54.6 Å². The predicted molar refractivity (Wildman–Crippen MR) is 109 cm³/mol. The monoisotopic (exact) mass is 391 g/mol. The molecule has 6 heteroatoms. The number of hydrogen-bond donors (Lipinski definition) is 2. The maximum absolute atomic E-state index is 13.6. The normalized spacial score (nSPS) is 10.4. The van der Waals surface area contributed by atoms with E-state index in [0.29, 0.717) is 24.9 Å². The molecule has 0 aliphatic rings. The van der Waals surface area contributed by atoms with Crippen LogP contribution in [0.3, 0.4) is 0 Å². The lowest BCUT2D eigenvalue weighted by molar-refractivity contribution is 0.0945. The molecule has 0 saturated heterocycles. The van der Waals surface area contributed by atoms with E-state index in [0.717, 1.165) is 5.56 Å². The Hall–Kier alpha value is -3.54. The average molecular weight is 391 g/mol. The van der Waals surface area contributed by atoms with Crippen LogP contribution in [-0.4, -0.2) is 29.9 Å². The second-order valence-electron chi connectivity index (χ2n) is 6.50. The molecule has 3 aromatic rings. The Morgan fingerprint density at radius 2 is 1.31 bits per heavy atom. The fourth-order valence-electron chi connectivity index (χ4n) is 2.85. The van der Waals surface area contributed by atoms with Gasteiger partial charge in [0.15, 0.2) is 0 Å². The molecule has 0 aliphatic carbocycles. The summed E-state index contributed by atoms with van der Waals surface area (Å²) in [6, 6.07) is 21.0. The molecule has 3 rings (SSSR count). The number of aromatic nitrogens is 1. The standard InChI is InChI=1S/C23H22FN3O2/c24-19-10-5-4-9-18(19)14-16-26-23(29)21-12-6-11-20(27-21)22(28)25-15-13-17-7-2-1-3-8-17/h1-12H,13-16H2,(H,25,28)(H,26,29). The van der Waals surface area contributed by atoms with E-state index < -0.39 is 5.91 Å². The average Bonchev–Trinajstić information content (AvgIpc) is 2.76. The second-order valence-corrected chi connectivity index (χ2v) is 6.50. The van der Waals surface area contributed by atoms with E-state index in [4.69, 9.17) is 0 Å². The predicted octanol–water partition coefficient (Wildman–Crippen LogP) is 3.17. The van der Waals surface area contributed by atoms with E-state index in [-0.39, 0.29) is 29.7 Å². The number of carbonyl (C=O) groups excluding carboxylic acids is 2. The van der Waals surface area contributed by atoms with Crippen molar-refractivity contribution in [2.24, 2.45) is 0 Å². The van der Waals surface area contributed by atoms with E-state index in [2.05, 4.69) is 15.6 Å². The smallest absolute Gasteiger partial charge is 0.269 e. The molecule has 2 amide bonds. The zero-order valence-corrected chi connectivity index (χ0v) is 15.9. The quantitative estimate of drug-likeness (QED) is 0.620. The third-order valence-electron chi connectivity index (χ3n) is 4.39. The number of rotatable bonds is 8. The van der Waals surface area contributed by atoms with Crippen molar-refractivity contribution in [1.29, 1.82) is 0 Å². The summed E-state index contributed by atoms with van der Waals surface area (Å²) in [6.45, 7) is 0.749. The van der Waals surface area contributed by atoms with E-state index in [9.17, 15) is 14.0 Å². The fraction of sp³-hybridized carbons (Fsp3) is 0.174. The zero-order valence-electron chi connectivity index (χ0n) is 15.9. The van der Waals surface area contributed by atoms with Crippen LogP contribution in [0.5, 0.6) is 0 Å². The first-order valence-corrected chi connectivity index (χ1v) is 9.44. The highest BCUT2D eigenvalue weighted by Gasteiger charge is 2.12. The van der Waals surface area contributed by atoms with Gasteiger partial charge in [0.2, 0.25) is 0 Å². The minimum Gasteiger partial charge on any atom is -0.350 e.